The Labute approximate surface area is 154 Å². The zero-order valence-electron chi connectivity index (χ0n) is 14.1. The maximum absolute atomic E-state index is 14.2. The van der Waals surface area contributed by atoms with E-state index in [2.05, 4.69) is 5.32 Å². The lowest BCUT2D eigenvalue weighted by Gasteiger charge is -2.10. The number of nitro benzene ring substituents is 1. The van der Waals surface area contributed by atoms with Crippen LogP contribution in [-0.4, -0.2) is 15.9 Å². The summed E-state index contributed by atoms with van der Waals surface area (Å²) >= 11 is 0. The molecule has 1 amide bonds. The highest BCUT2D eigenvalue weighted by Crippen LogP contribution is 2.29. The van der Waals surface area contributed by atoms with E-state index in [9.17, 15) is 24.4 Å². The summed E-state index contributed by atoms with van der Waals surface area (Å²) in [7, 11) is 0. The highest BCUT2D eigenvalue weighted by atomic mass is 19.1. The molecular formula is C20H15FN2O4. The van der Waals surface area contributed by atoms with E-state index in [1.807, 2.05) is 0 Å². The SMILES string of the molecule is O=C(NCc1cccc([N+](=O)[O-])c1)c1cc(-c2ccccc2)c(F)cc1O. The first-order chi connectivity index (χ1) is 13.0. The van der Waals surface area contributed by atoms with Crippen LogP contribution in [0.1, 0.15) is 15.9 Å². The lowest BCUT2D eigenvalue weighted by Crippen LogP contribution is -2.23. The average Bonchev–Trinajstić information content (AvgIpc) is 2.67. The monoisotopic (exact) mass is 366 g/mol. The van der Waals surface area contributed by atoms with Crippen molar-refractivity contribution >= 4 is 11.6 Å². The quantitative estimate of drug-likeness (QED) is 0.527. The van der Waals surface area contributed by atoms with Crippen LogP contribution < -0.4 is 5.32 Å². The molecule has 0 aliphatic carbocycles. The fraction of sp³-hybridized carbons (Fsp3) is 0.0500. The van der Waals surface area contributed by atoms with Crippen molar-refractivity contribution in [3.05, 3.63) is 93.8 Å². The molecule has 6 nitrogen and oxygen atoms in total. The van der Waals surface area contributed by atoms with Crippen LogP contribution in [0.3, 0.4) is 0 Å². The number of carbonyl (C=O) groups excluding carboxylic acids is 1. The van der Waals surface area contributed by atoms with Gasteiger partial charge in [-0.3, -0.25) is 14.9 Å². The van der Waals surface area contributed by atoms with Crippen molar-refractivity contribution in [2.24, 2.45) is 0 Å². The number of phenols is 1. The van der Waals surface area contributed by atoms with Crippen LogP contribution in [0.25, 0.3) is 11.1 Å². The Balaban J connectivity index is 1.82. The number of nitrogens with one attached hydrogen (secondary N) is 1. The third-order valence-electron chi connectivity index (χ3n) is 3.99. The summed E-state index contributed by atoms with van der Waals surface area (Å²) in [6, 6.07) is 16.7. The molecule has 0 aromatic heterocycles. The number of nitrogens with zero attached hydrogens (tertiary/aromatic N) is 1. The number of phenolic OH excluding ortho intramolecular Hbond substituents is 1. The van der Waals surface area contributed by atoms with Gasteiger partial charge in [-0.05, 0) is 17.2 Å². The second-order valence-corrected chi connectivity index (χ2v) is 5.82. The van der Waals surface area contributed by atoms with E-state index >= 15 is 0 Å². The van der Waals surface area contributed by atoms with Gasteiger partial charge in [0.1, 0.15) is 11.6 Å². The van der Waals surface area contributed by atoms with Crippen LogP contribution >= 0.6 is 0 Å². The number of hydrogen-bond donors (Lipinski definition) is 2. The molecule has 3 aromatic rings. The number of aromatic hydroxyl groups is 1. The minimum absolute atomic E-state index is 0.0258. The van der Waals surface area contributed by atoms with Crippen molar-refractivity contribution in [2.75, 3.05) is 0 Å². The molecule has 0 fully saturated rings. The summed E-state index contributed by atoms with van der Waals surface area (Å²) in [4.78, 5) is 22.7. The van der Waals surface area contributed by atoms with Crippen molar-refractivity contribution in [3.8, 4) is 16.9 Å². The first-order valence-corrected chi connectivity index (χ1v) is 8.05. The molecular weight excluding hydrogens is 351 g/mol. The number of nitro groups is 1. The van der Waals surface area contributed by atoms with E-state index in [1.54, 1.807) is 36.4 Å². The molecule has 0 saturated carbocycles. The fourth-order valence-electron chi connectivity index (χ4n) is 2.64. The van der Waals surface area contributed by atoms with Crippen molar-refractivity contribution in [1.29, 1.82) is 0 Å². The van der Waals surface area contributed by atoms with E-state index < -0.39 is 22.4 Å². The number of carbonyl (C=O) groups is 1. The number of halogens is 1. The molecule has 0 aliphatic rings. The molecule has 0 unspecified atom stereocenters. The first-order valence-electron chi connectivity index (χ1n) is 8.05. The minimum Gasteiger partial charge on any atom is -0.507 e. The minimum atomic E-state index is -0.645. The van der Waals surface area contributed by atoms with Gasteiger partial charge in [-0.15, -0.1) is 0 Å². The largest absolute Gasteiger partial charge is 0.507 e. The lowest BCUT2D eigenvalue weighted by atomic mass is 10.0. The van der Waals surface area contributed by atoms with E-state index in [-0.39, 0.29) is 23.4 Å². The molecule has 0 aliphatic heterocycles. The van der Waals surface area contributed by atoms with Gasteiger partial charge in [-0.2, -0.15) is 0 Å². The number of non-ortho nitro benzene ring substituents is 1. The van der Waals surface area contributed by atoms with Gasteiger partial charge >= 0.3 is 0 Å². The first kappa shape index (κ1) is 18.1. The number of benzene rings is 3. The van der Waals surface area contributed by atoms with Crippen LogP contribution in [0.15, 0.2) is 66.7 Å². The van der Waals surface area contributed by atoms with Crippen molar-refractivity contribution < 1.29 is 19.2 Å². The zero-order chi connectivity index (χ0) is 19.4. The number of amides is 1. The van der Waals surface area contributed by atoms with Crippen LogP contribution in [0, 0.1) is 15.9 Å². The Morgan fingerprint density at radius 2 is 1.81 bits per heavy atom. The highest BCUT2D eigenvalue weighted by Gasteiger charge is 2.17. The van der Waals surface area contributed by atoms with Gasteiger partial charge in [-0.1, -0.05) is 42.5 Å². The molecule has 0 atom stereocenters. The van der Waals surface area contributed by atoms with Crippen LogP contribution in [-0.2, 0) is 6.54 Å². The van der Waals surface area contributed by atoms with Gasteiger partial charge in [0.15, 0.2) is 0 Å². The predicted octanol–water partition coefficient (Wildman–Crippen LogP) is 4.04. The molecule has 0 spiro atoms. The Bertz CT molecular complexity index is 1010. The van der Waals surface area contributed by atoms with Gasteiger partial charge in [0.25, 0.3) is 11.6 Å². The van der Waals surface area contributed by atoms with Crippen molar-refractivity contribution in [2.45, 2.75) is 6.54 Å². The average molecular weight is 366 g/mol. The molecule has 136 valence electrons. The van der Waals surface area contributed by atoms with E-state index in [0.717, 1.165) is 6.07 Å². The standard InChI is InChI=1S/C20H15FN2O4/c21-18-11-19(24)17(10-16(18)14-6-2-1-3-7-14)20(25)22-12-13-5-4-8-15(9-13)23(26)27/h1-11,24H,12H2,(H,22,25). The predicted molar refractivity (Wildman–Crippen MR) is 97.8 cm³/mol. The number of hydrogen-bond acceptors (Lipinski definition) is 4. The van der Waals surface area contributed by atoms with E-state index in [1.165, 1.54) is 24.3 Å². The van der Waals surface area contributed by atoms with Gasteiger partial charge in [0, 0.05) is 30.3 Å². The topological polar surface area (TPSA) is 92.5 Å². The Kier molecular flexibility index (Phi) is 5.12. The highest BCUT2D eigenvalue weighted by molar-refractivity contribution is 5.98. The second kappa shape index (κ2) is 7.65. The lowest BCUT2D eigenvalue weighted by molar-refractivity contribution is -0.384. The molecule has 3 aromatic carbocycles. The van der Waals surface area contributed by atoms with E-state index in [4.69, 9.17) is 0 Å². The Hall–Kier alpha value is -3.74. The molecule has 0 bridgehead atoms. The summed E-state index contributed by atoms with van der Waals surface area (Å²) in [6.07, 6.45) is 0. The summed E-state index contributed by atoms with van der Waals surface area (Å²) < 4.78 is 14.2. The van der Waals surface area contributed by atoms with Gasteiger partial charge in [0.05, 0.1) is 10.5 Å². The second-order valence-electron chi connectivity index (χ2n) is 5.82. The zero-order valence-corrected chi connectivity index (χ0v) is 14.1. The Morgan fingerprint density at radius 1 is 1.07 bits per heavy atom. The normalized spacial score (nSPS) is 10.4. The van der Waals surface area contributed by atoms with Crippen LogP contribution in [0.2, 0.25) is 0 Å². The summed E-state index contributed by atoms with van der Waals surface area (Å²) in [5, 5.41) is 23.3. The molecule has 0 radical (unpaired) electrons. The maximum atomic E-state index is 14.2. The third kappa shape index (κ3) is 4.09. The fourth-order valence-corrected chi connectivity index (χ4v) is 2.64. The molecule has 7 heteroatoms. The van der Waals surface area contributed by atoms with Crippen molar-refractivity contribution in [3.63, 3.8) is 0 Å². The molecule has 2 N–H and O–H groups in total. The molecule has 0 heterocycles. The number of rotatable bonds is 5. The third-order valence-corrected chi connectivity index (χ3v) is 3.99. The molecule has 0 saturated heterocycles. The van der Waals surface area contributed by atoms with Crippen molar-refractivity contribution in [1.82, 2.24) is 5.32 Å². The van der Waals surface area contributed by atoms with Gasteiger partial charge in [-0.25, -0.2) is 4.39 Å². The molecule has 3 rings (SSSR count). The Morgan fingerprint density at radius 3 is 2.52 bits per heavy atom. The van der Waals surface area contributed by atoms with E-state index in [0.29, 0.717) is 11.1 Å². The molecule has 27 heavy (non-hydrogen) atoms. The van der Waals surface area contributed by atoms with Crippen LogP contribution in [0.4, 0.5) is 10.1 Å². The summed E-state index contributed by atoms with van der Waals surface area (Å²) in [5.41, 5.74) is 1.12. The summed E-state index contributed by atoms with van der Waals surface area (Å²) in [5.74, 6) is -1.74. The van der Waals surface area contributed by atoms with Crippen LogP contribution in [0.5, 0.6) is 5.75 Å². The van der Waals surface area contributed by atoms with Gasteiger partial charge in [0.2, 0.25) is 0 Å². The summed E-state index contributed by atoms with van der Waals surface area (Å²) in [6.45, 7) is 0.0258. The maximum Gasteiger partial charge on any atom is 0.269 e. The smallest absolute Gasteiger partial charge is 0.269 e. The van der Waals surface area contributed by atoms with Gasteiger partial charge < -0.3 is 10.4 Å².